The lowest BCUT2D eigenvalue weighted by Gasteiger charge is -2.10. The molecule has 0 aliphatic carbocycles. The number of carbonyl (C=O) groups excluding carboxylic acids is 1. The van der Waals surface area contributed by atoms with E-state index >= 15 is 0 Å². The molecule has 0 aliphatic rings. The molecule has 0 spiro atoms. The van der Waals surface area contributed by atoms with Crippen molar-refractivity contribution in [2.75, 3.05) is 20.3 Å². The van der Waals surface area contributed by atoms with Crippen LogP contribution in [0, 0.1) is 6.92 Å². The van der Waals surface area contributed by atoms with Crippen molar-refractivity contribution in [3.05, 3.63) is 53.9 Å². The molecule has 1 aromatic heterocycles. The van der Waals surface area contributed by atoms with Crippen LogP contribution in [-0.2, 0) is 4.74 Å². The van der Waals surface area contributed by atoms with Gasteiger partial charge in [-0.2, -0.15) is 0 Å². The van der Waals surface area contributed by atoms with E-state index in [1.165, 1.54) is 12.7 Å². The van der Waals surface area contributed by atoms with Crippen molar-refractivity contribution in [2.45, 2.75) is 19.4 Å². The van der Waals surface area contributed by atoms with Crippen LogP contribution in [-0.4, -0.2) is 42.4 Å². The summed E-state index contributed by atoms with van der Waals surface area (Å²) < 4.78 is 4.85. The Kier molecular flexibility index (Phi) is 6.26. The van der Waals surface area contributed by atoms with E-state index in [-0.39, 0.29) is 12.5 Å². The number of amides is 1. The largest absolute Gasteiger partial charge is 0.391 e. The van der Waals surface area contributed by atoms with Crippen LogP contribution in [0.4, 0.5) is 0 Å². The minimum atomic E-state index is -0.572. The predicted octanol–water partition coefficient (Wildman–Crippen LogP) is 2.18. The number of aromatic nitrogens is 1. The van der Waals surface area contributed by atoms with Crippen molar-refractivity contribution >= 4 is 5.91 Å². The van der Waals surface area contributed by atoms with Crippen LogP contribution in [0.15, 0.2) is 42.7 Å². The molecule has 0 radical (unpaired) electrons. The van der Waals surface area contributed by atoms with Gasteiger partial charge in [0.05, 0.1) is 18.3 Å². The number of nitrogens with one attached hydrogen (secondary N) is 1. The van der Waals surface area contributed by atoms with Crippen LogP contribution in [0.2, 0.25) is 0 Å². The van der Waals surface area contributed by atoms with Crippen molar-refractivity contribution in [3.63, 3.8) is 0 Å². The molecule has 2 aromatic rings. The summed E-state index contributed by atoms with van der Waals surface area (Å²) in [6, 6.07) is 9.89. The molecule has 0 bridgehead atoms. The first-order valence-electron chi connectivity index (χ1n) is 7.57. The third kappa shape index (κ3) is 5.16. The number of benzene rings is 1. The quantitative estimate of drug-likeness (QED) is 0.822. The van der Waals surface area contributed by atoms with E-state index in [4.69, 9.17) is 4.74 Å². The maximum absolute atomic E-state index is 12.2. The van der Waals surface area contributed by atoms with Gasteiger partial charge in [0.1, 0.15) is 0 Å². The molecular weight excluding hydrogens is 292 g/mol. The smallest absolute Gasteiger partial charge is 0.252 e. The average Bonchev–Trinajstić information content (AvgIpc) is 2.56. The minimum absolute atomic E-state index is 0.198. The molecule has 23 heavy (non-hydrogen) atoms. The van der Waals surface area contributed by atoms with E-state index in [1.807, 2.05) is 37.3 Å². The normalized spacial score (nSPS) is 12.0. The number of nitrogens with zero attached hydrogens (tertiary/aromatic N) is 1. The fraction of sp³-hybridized carbons (Fsp3) is 0.333. The molecule has 1 heterocycles. The fourth-order valence-electron chi connectivity index (χ4n) is 2.20. The minimum Gasteiger partial charge on any atom is -0.391 e. The van der Waals surface area contributed by atoms with E-state index < -0.39 is 6.10 Å². The standard InChI is InChI=1S/C18H22N2O3/c1-13-3-5-14(6-4-13)15-9-16(11-19-10-15)18(22)20-8-7-17(21)12-23-2/h3-6,9-11,17,21H,7-8,12H2,1-2H3,(H,20,22). The zero-order valence-electron chi connectivity index (χ0n) is 13.5. The molecule has 122 valence electrons. The van der Waals surface area contributed by atoms with Crippen molar-refractivity contribution in [2.24, 2.45) is 0 Å². The van der Waals surface area contributed by atoms with Gasteiger partial charge in [0.25, 0.3) is 5.91 Å². The number of hydrogen-bond donors (Lipinski definition) is 2. The van der Waals surface area contributed by atoms with Gasteiger partial charge in [-0.3, -0.25) is 9.78 Å². The van der Waals surface area contributed by atoms with Gasteiger partial charge in [0.15, 0.2) is 0 Å². The predicted molar refractivity (Wildman–Crippen MR) is 89.2 cm³/mol. The number of pyridine rings is 1. The Balaban J connectivity index is 1.99. The summed E-state index contributed by atoms with van der Waals surface area (Å²) in [6.45, 7) is 2.68. The number of rotatable bonds is 7. The van der Waals surface area contributed by atoms with Crippen LogP contribution in [0.5, 0.6) is 0 Å². The molecule has 0 aliphatic heterocycles. The van der Waals surface area contributed by atoms with Gasteiger partial charge >= 0.3 is 0 Å². The summed E-state index contributed by atoms with van der Waals surface area (Å²) in [5.41, 5.74) is 3.61. The Morgan fingerprint density at radius 1 is 1.26 bits per heavy atom. The highest BCUT2D eigenvalue weighted by Gasteiger charge is 2.09. The second-order valence-corrected chi connectivity index (χ2v) is 5.48. The molecule has 2 rings (SSSR count). The molecule has 0 saturated heterocycles. The Morgan fingerprint density at radius 3 is 2.70 bits per heavy atom. The summed E-state index contributed by atoms with van der Waals surface area (Å²) >= 11 is 0. The highest BCUT2D eigenvalue weighted by molar-refractivity contribution is 5.95. The summed E-state index contributed by atoms with van der Waals surface area (Å²) in [6.07, 6.45) is 3.16. The van der Waals surface area contributed by atoms with Gasteiger partial charge in [-0.15, -0.1) is 0 Å². The van der Waals surface area contributed by atoms with E-state index in [0.717, 1.165) is 11.1 Å². The highest BCUT2D eigenvalue weighted by Crippen LogP contribution is 2.19. The van der Waals surface area contributed by atoms with Crippen molar-refractivity contribution in [3.8, 4) is 11.1 Å². The van der Waals surface area contributed by atoms with Crippen LogP contribution >= 0.6 is 0 Å². The van der Waals surface area contributed by atoms with E-state index in [9.17, 15) is 9.90 Å². The monoisotopic (exact) mass is 314 g/mol. The Bertz CT molecular complexity index is 641. The lowest BCUT2D eigenvalue weighted by Crippen LogP contribution is -2.28. The van der Waals surface area contributed by atoms with Crippen LogP contribution in [0.3, 0.4) is 0 Å². The zero-order chi connectivity index (χ0) is 16.7. The first kappa shape index (κ1) is 17.1. The molecule has 2 N–H and O–H groups in total. The first-order valence-corrected chi connectivity index (χ1v) is 7.57. The third-order valence-electron chi connectivity index (χ3n) is 3.51. The van der Waals surface area contributed by atoms with Crippen LogP contribution in [0.25, 0.3) is 11.1 Å². The maximum Gasteiger partial charge on any atom is 0.252 e. The van der Waals surface area contributed by atoms with Gasteiger partial charge in [0.2, 0.25) is 0 Å². The van der Waals surface area contributed by atoms with Crippen molar-refractivity contribution in [1.29, 1.82) is 0 Å². The Morgan fingerprint density at radius 2 is 2.00 bits per heavy atom. The molecule has 1 unspecified atom stereocenters. The van der Waals surface area contributed by atoms with Gasteiger partial charge in [0, 0.05) is 31.6 Å². The number of methoxy groups -OCH3 is 1. The third-order valence-corrected chi connectivity index (χ3v) is 3.51. The number of ether oxygens (including phenoxy) is 1. The lowest BCUT2D eigenvalue weighted by molar-refractivity contribution is 0.0587. The summed E-state index contributed by atoms with van der Waals surface area (Å²) in [5.74, 6) is -0.198. The fourth-order valence-corrected chi connectivity index (χ4v) is 2.20. The Hall–Kier alpha value is -2.24. The maximum atomic E-state index is 12.2. The van der Waals surface area contributed by atoms with Crippen LogP contribution < -0.4 is 5.32 Å². The summed E-state index contributed by atoms with van der Waals surface area (Å²) in [7, 11) is 1.53. The molecule has 1 atom stereocenters. The zero-order valence-corrected chi connectivity index (χ0v) is 13.5. The van der Waals surface area contributed by atoms with E-state index in [2.05, 4.69) is 10.3 Å². The number of carbonyl (C=O) groups is 1. The molecule has 0 fully saturated rings. The number of hydrogen-bond acceptors (Lipinski definition) is 4. The molecule has 1 amide bonds. The molecule has 5 heteroatoms. The van der Waals surface area contributed by atoms with Gasteiger partial charge in [-0.25, -0.2) is 0 Å². The summed E-state index contributed by atoms with van der Waals surface area (Å²) in [5, 5.41) is 12.3. The van der Waals surface area contributed by atoms with Gasteiger partial charge < -0.3 is 15.2 Å². The first-order chi connectivity index (χ1) is 11.1. The van der Waals surface area contributed by atoms with Crippen molar-refractivity contribution in [1.82, 2.24) is 10.3 Å². The Labute approximate surface area is 136 Å². The number of aliphatic hydroxyl groups excluding tert-OH is 1. The molecule has 1 aromatic carbocycles. The second-order valence-electron chi connectivity index (χ2n) is 5.48. The van der Waals surface area contributed by atoms with Gasteiger partial charge in [-0.1, -0.05) is 29.8 Å². The average molecular weight is 314 g/mol. The van der Waals surface area contributed by atoms with Gasteiger partial charge in [-0.05, 0) is 25.0 Å². The molecular formula is C18H22N2O3. The number of aliphatic hydroxyl groups is 1. The number of aryl methyl sites for hydroxylation is 1. The highest BCUT2D eigenvalue weighted by atomic mass is 16.5. The topological polar surface area (TPSA) is 71.5 Å². The van der Waals surface area contributed by atoms with Crippen LogP contribution in [0.1, 0.15) is 22.3 Å². The second kappa shape index (κ2) is 8.41. The molecule has 0 saturated carbocycles. The SMILES string of the molecule is COCC(O)CCNC(=O)c1cncc(-c2ccc(C)cc2)c1. The van der Waals surface area contributed by atoms with Crippen molar-refractivity contribution < 1.29 is 14.6 Å². The molecule has 5 nitrogen and oxygen atoms in total. The summed E-state index contributed by atoms with van der Waals surface area (Å²) in [4.78, 5) is 16.3. The van der Waals surface area contributed by atoms with E-state index in [0.29, 0.717) is 18.5 Å². The lowest BCUT2D eigenvalue weighted by atomic mass is 10.0. The van der Waals surface area contributed by atoms with E-state index in [1.54, 1.807) is 12.4 Å².